The van der Waals surface area contributed by atoms with Gasteiger partial charge in [-0.15, -0.1) is 0 Å². The minimum Gasteiger partial charge on any atom is -0.489 e. The first-order valence-electron chi connectivity index (χ1n) is 10.8. The highest BCUT2D eigenvalue weighted by molar-refractivity contribution is 5.89. The predicted molar refractivity (Wildman–Crippen MR) is 132 cm³/mol. The van der Waals surface area contributed by atoms with Crippen LogP contribution in [0.3, 0.4) is 0 Å². The molecule has 0 unspecified atom stereocenters. The molecule has 33 heavy (non-hydrogen) atoms. The molecule has 4 aromatic rings. The maximum atomic E-state index is 12.4. The lowest BCUT2D eigenvalue weighted by Gasteiger charge is -2.14. The van der Waals surface area contributed by atoms with Gasteiger partial charge in [0.05, 0.1) is 6.21 Å². The van der Waals surface area contributed by atoms with E-state index in [0.29, 0.717) is 12.4 Å². The molecule has 0 heterocycles. The molecule has 0 saturated heterocycles. The Labute approximate surface area is 193 Å². The van der Waals surface area contributed by atoms with Crippen molar-refractivity contribution in [2.45, 2.75) is 26.6 Å². The fourth-order valence-corrected chi connectivity index (χ4v) is 3.30. The SMILES string of the molecule is Cc1ccc(COc2ccc(/C=N\NC(=O)[C@H](C)Oc3cccc4ccccc34)cc2)cc1. The van der Waals surface area contributed by atoms with Crippen molar-refractivity contribution in [2.24, 2.45) is 5.10 Å². The van der Waals surface area contributed by atoms with Crippen LogP contribution in [0.2, 0.25) is 0 Å². The topological polar surface area (TPSA) is 59.9 Å². The first-order chi connectivity index (χ1) is 16.1. The summed E-state index contributed by atoms with van der Waals surface area (Å²) in [4.78, 5) is 12.4. The highest BCUT2D eigenvalue weighted by atomic mass is 16.5. The smallest absolute Gasteiger partial charge is 0.280 e. The molecule has 5 nitrogen and oxygen atoms in total. The van der Waals surface area contributed by atoms with Gasteiger partial charge >= 0.3 is 0 Å². The quantitative estimate of drug-likeness (QED) is 0.286. The van der Waals surface area contributed by atoms with Crippen LogP contribution in [0.1, 0.15) is 23.6 Å². The van der Waals surface area contributed by atoms with Gasteiger partial charge in [-0.2, -0.15) is 5.10 Å². The molecule has 5 heteroatoms. The highest BCUT2D eigenvalue weighted by Gasteiger charge is 2.15. The zero-order chi connectivity index (χ0) is 23.0. The monoisotopic (exact) mass is 438 g/mol. The maximum Gasteiger partial charge on any atom is 0.280 e. The third-order valence-corrected chi connectivity index (χ3v) is 5.22. The number of nitrogens with zero attached hydrogens (tertiary/aromatic N) is 1. The number of amides is 1. The van der Waals surface area contributed by atoms with Crippen molar-refractivity contribution in [1.29, 1.82) is 0 Å². The lowest BCUT2D eigenvalue weighted by Crippen LogP contribution is -2.33. The third kappa shape index (κ3) is 5.98. The largest absolute Gasteiger partial charge is 0.489 e. The van der Waals surface area contributed by atoms with Crippen LogP contribution in [0.25, 0.3) is 10.8 Å². The van der Waals surface area contributed by atoms with Crippen molar-refractivity contribution < 1.29 is 14.3 Å². The van der Waals surface area contributed by atoms with Crippen LogP contribution in [0.5, 0.6) is 11.5 Å². The van der Waals surface area contributed by atoms with E-state index in [1.807, 2.05) is 66.7 Å². The molecule has 0 aliphatic rings. The number of aryl methyl sites for hydroxylation is 1. The third-order valence-electron chi connectivity index (χ3n) is 5.22. The van der Waals surface area contributed by atoms with Gasteiger partial charge in [0.25, 0.3) is 5.91 Å². The Morgan fingerprint density at radius 1 is 0.939 bits per heavy atom. The van der Waals surface area contributed by atoms with Gasteiger partial charge in [-0.05, 0) is 60.7 Å². The average Bonchev–Trinajstić information content (AvgIpc) is 2.84. The predicted octanol–water partition coefficient (Wildman–Crippen LogP) is 5.64. The van der Waals surface area contributed by atoms with E-state index in [-0.39, 0.29) is 5.91 Å². The summed E-state index contributed by atoms with van der Waals surface area (Å²) in [5.74, 6) is 1.12. The average molecular weight is 439 g/mol. The van der Waals surface area contributed by atoms with Crippen LogP contribution in [-0.4, -0.2) is 18.2 Å². The van der Waals surface area contributed by atoms with E-state index in [2.05, 4.69) is 41.7 Å². The molecule has 1 atom stereocenters. The van der Waals surface area contributed by atoms with E-state index in [0.717, 1.165) is 27.6 Å². The molecule has 0 aliphatic heterocycles. The van der Waals surface area contributed by atoms with Crippen LogP contribution in [0.15, 0.2) is 96.1 Å². The summed E-state index contributed by atoms with van der Waals surface area (Å²) in [6, 6.07) is 29.5. The van der Waals surface area contributed by atoms with Gasteiger partial charge in [0.1, 0.15) is 18.1 Å². The fourth-order valence-electron chi connectivity index (χ4n) is 3.30. The number of fused-ring (bicyclic) bond motifs is 1. The van der Waals surface area contributed by atoms with E-state index in [1.165, 1.54) is 5.56 Å². The van der Waals surface area contributed by atoms with Gasteiger partial charge < -0.3 is 9.47 Å². The fraction of sp³-hybridized carbons (Fsp3) is 0.143. The van der Waals surface area contributed by atoms with Crippen LogP contribution in [0, 0.1) is 6.92 Å². The van der Waals surface area contributed by atoms with Crippen LogP contribution >= 0.6 is 0 Å². The summed E-state index contributed by atoms with van der Waals surface area (Å²) < 4.78 is 11.7. The number of rotatable bonds is 8. The Morgan fingerprint density at radius 3 is 2.45 bits per heavy atom. The molecule has 0 bridgehead atoms. The summed E-state index contributed by atoms with van der Waals surface area (Å²) in [6.07, 6.45) is 0.900. The molecule has 4 rings (SSSR count). The van der Waals surface area contributed by atoms with E-state index < -0.39 is 6.10 Å². The second-order valence-corrected chi connectivity index (χ2v) is 7.81. The Morgan fingerprint density at radius 2 is 1.67 bits per heavy atom. The number of ether oxygens (including phenoxy) is 2. The molecule has 0 spiro atoms. The molecule has 0 radical (unpaired) electrons. The number of nitrogens with one attached hydrogen (secondary N) is 1. The molecular formula is C28H26N2O3. The van der Waals surface area contributed by atoms with Crippen molar-refractivity contribution in [3.8, 4) is 11.5 Å². The zero-order valence-electron chi connectivity index (χ0n) is 18.7. The number of carbonyl (C=O) groups is 1. The summed E-state index contributed by atoms with van der Waals surface area (Å²) in [5, 5.41) is 6.08. The second-order valence-electron chi connectivity index (χ2n) is 7.81. The van der Waals surface area contributed by atoms with Crippen molar-refractivity contribution in [3.05, 3.63) is 108 Å². The molecule has 166 valence electrons. The Kier molecular flexibility index (Phi) is 7.00. The minimum absolute atomic E-state index is 0.322. The molecule has 0 aromatic heterocycles. The maximum absolute atomic E-state index is 12.4. The molecule has 0 aliphatic carbocycles. The molecule has 1 N–H and O–H groups in total. The standard InChI is InChI=1S/C28H26N2O3/c1-20-10-12-23(13-11-20)19-32-25-16-14-22(15-17-25)18-29-30-28(31)21(2)33-27-9-5-7-24-6-3-4-8-26(24)27/h3-18,21H,19H2,1-2H3,(H,30,31)/b29-18-/t21-/m0/s1. The number of hydrogen-bond acceptors (Lipinski definition) is 4. The number of hydrazone groups is 1. The van der Waals surface area contributed by atoms with Gasteiger partial charge in [-0.3, -0.25) is 4.79 Å². The van der Waals surface area contributed by atoms with Gasteiger partial charge in [-0.25, -0.2) is 5.43 Å². The van der Waals surface area contributed by atoms with Crippen LogP contribution < -0.4 is 14.9 Å². The summed E-state index contributed by atoms with van der Waals surface area (Å²) in [6.45, 7) is 4.28. The van der Waals surface area contributed by atoms with E-state index >= 15 is 0 Å². The molecule has 1 amide bonds. The van der Waals surface area contributed by atoms with Crippen molar-refractivity contribution in [1.82, 2.24) is 5.43 Å². The Bertz CT molecular complexity index is 1240. The molecule has 0 saturated carbocycles. The normalized spacial score (nSPS) is 11.9. The summed E-state index contributed by atoms with van der Waals surface area (Å²) in [7, 11) is 0. The van der Waals surface area contributed by atoms with Gasteiger partial charge in [0.15, 0.2) is 6.10 Å². The Balaban J connectivity index is 1.28. The first kappa shape index (κ1) is 22.1. The van der Waals surface area contributed by atoms with Gasteiger partial charge in [0.2, 0.25) is 0 Å². The lowest BCUT2D eigenvalue weighted by atomic mass is 10.1. The van der Waals surface area contributed by atoms with Crippen molar-refractivity contribution in [2.75, 3.05) is 0 Å². The first-order valence-corrected chi connectivity index (χ1v) is 10.8. The van der Waals surface area contributed by atoms with E-state index in [9.17, 15) is 4.79 Å². The van der Waals surface area contributed by atoms with Gasteiger partial charge in [0, 0.05) is 5.39 Å². The van der Waals surface area contributed by atoms with E-state index in [4.69, 9.17) is 9.47 Å². The highest BCUT2D eigenvalue weighted by Crippen LogP contribution is 2.26. The lowest BCUT2D eigenvalue weighted by molar-refractivity contribution is -0.127. The Hall–Kier alpha value is -4.12. The second kappa shape index (κ2) is 10.5. The summed E-state index contributed by atoms with van der Waals surface area (Å²) in [5.41, 5.74) is 5.73. The van der Waals surface area contributed by atoms with E-state index in [1.54, 1.807) is 13.1 Å². The number of benzene rings is 4. The minimum atomic E-state index is -0.689. The number of hydrogen-bond donors (Lipinski definition) is 1. The molecule has 4 aromatic carbocycles. The van der Waals surface area contributed by atoms with Gasteiger partial charge in [-0.1, -0.05) is 66.2 Å². The zero-order valence-corrected chi connectivity index (χ0v) is 18.7. The van der Waals surface area contributed by atoms with Crippen molar-refractivity contribution in [3.63, 3.8) is 0 Å². The van der Waals surface area contributed by atoms with Crippen molar-refractivity contribution >= 4 is 22.9 Å². The van der Waals surface area contributed by atoms with Crippen LogP contribution in [0.4, 0.5) is 0 Å². The summed E-state index contributed by atoms with van der Waals surface area (Å²) >= 11 is 0. The van der Waals surface area contributed by atoms with Crippen LogP contribution in [-0.2, 0) is 11.4 Å². The molecular weight excluding hydrogens is 412 g/mol. The number of carbonyl (C=O) groups excluding carboxylic acids is 1. The molecule has 0 fully saturated rings.